The molecule has 0 radical (unpaired) electrons. The average Bonchev–Trinajstić information content (AvgIpc) is 2.42. The van der Waals surface area contributed by atoms with Crippen molar-refractivity contribution in [3.63, 3.8) is 0 Å². The summed E-state index contributed by atoms with van der Waals surface area (Å²) in [5.41, 5.74) is 0.210. The van der Waals surface area contributed by atoms with E-state index < -0.39 is 11.4 Å². The molecule has 1 amide bonds. The second-order valence-corrected chi connectivity index (χ2v) is 6.52. The lowest BCUT2D eigenvalue weighted by molar-refractivity contribution is 0.0119. The van der Waals surface area contributed by atoms with E-state index in [1.165, 1.54) is 6.07 Å². The standard InChI is InChI=1S/C16H23FN2O3/c1-11-5-6-13(17)14(18-11)21-12-7-9-19(10-8-12)15(20)22-16(2,3)4/h5-6,12H,7-10H2,1-4H3. The normalized spacial score (nSPS) is 16.5. The Labute approximate surface area is 130 Å². The summed E-state index contributed by atoms with van der Waals surface area (Å²) in [5.74, 6) is -0.420. The SMILES string of the molecule is Cc1ccc(F)c(OC2CCN(C(=O)OC(C)(C)C)CC2)n1. The molecule has 2 rings (SSSR count). The van der Waals surface area contributed by atoms with Gasteiger partial charge in [0.2, 0.25) is 0 Å². The van der Waals surface area contributed by atoms with Crippen molar-refractivity contribution in [1.82, 2.24) is 9.88 Å². The molecule has 1 saturated heterocycles. The van der Waals surface area contributed by atoms with Gasteiger partial charge in [-0.25, -0.2) is 14.2 Å². The average molecular weight is 310 g/mol. The smallest absolute Gasteiger partial charge is 0.410 e. The van der Waals surface area contributed by atoms with Gasteiger partial charge in [-0.2, -0.15) is 0 Å². The zero-order valence-electron chi connectivity index (χ0n) is 13.6. The molecule has 6 heteroatoms. The van der Waals surface area contributed by atoms with Crippen LogP contribution in [0.25, 0.3) is 0 Å². The third-order valence-corrected chi connectivity index (χ3v) is 3.33. The van der Waals surface area contributed by atoms with Gasteiger partial charge in [0.05, 0.1) is 0 Å². The molecule has 122 valence electrons. The van der Waals surface area contributed by atoms with Crippen molar-refractivity contribution in [3.05, 3.63) is 23.6 Å². The molecule has 5 nitrogen and oxygen atoms in total. The Morgan fingerprint density at radius 1 is 1.32 bits per heavy atom. The lowest BCUT2D eigenvalue weighted by Gasteiger charge is -2.33. The maximum absolute atomic E-state index is 13.6. The highest BCUT2D eigenvalue weighted by Gasteiger charge is 2.28. The highest BCUT2D eigenvalue weighted by molar-refractivity contribution is 5.68. The van der Waals surface area contributed by atoms with Gasteiger partial charge < -0.3 is 14.4 Å². The van der Waals surface area contributed by atoms with Gasteiger partial charge in [0.25, 0.3) is 5.88 Å². The van der Waals surface area contributed by atoms with Crippen molar-refractivity contribution in [2.75, 3.05) is 13.1 Å². The highest BCUT2D eigenvalue weighted by atomic mass is 19.1. The molecule has 0 aliphatic carbocycles. The predicted molar refractivity (Wildman–Crippen MR) is 80.4 cm³/mol. The van der Waals surface area contributed by atoms with E-state index in [1.54, 1.807) is 17.9 Å². The van der Waals surface area contributed by atoms with E-state index in [0.717, 1.165) is 0 Å². The fourth-order valence-corrected chi connectivity index (χ4v) is 2.24. The Kier molecular flexibility index (Phi) is 4.88. The van der Waals surface area contributed by atoms with Crippen molar-refractivity contribution < 1.29 is 18.7 Å². The highest BCUT2D eigenvalue weighted by Crippen LogP contribution is 2.21. The number of likely N-dealkylation sites (tertiary alicyclic amines) is 1. The zero-order valence-corrected chi connectivity index (χ0v) is 13.6. The van der Waals surface area contributed by atoms with Gasteiger partial charge in [-0.1, -0.05) is 0 Å². The molecule has 1 aromatic rings. The Bertz CT molecular complexity index is 535. The monoisotopic (exact) mass is 310 g/mol. The number of ether oxygens (including phenoxy) is 2. The van der Waals surface area contributed by atoms with Crippen LogP contribution in [-0.2, 0) is 4.74 Å². The summed E-state index contributed by atoms with van der Waals surface area (Å²) in [7, 11) is 0. The van der Waals surface area contributed by atoms with Crippen molar-refractivity contribution in [2.24, 2.45) is 0 Å². The summed E-state index contributed by atoms with van der Waals surface area (Å²) < 4.78 is 24.6. The molecule has 0 bridgehead atoms. The summed E-state index contributed by atoms with van der Waals surface area (Å²) in [4.78, 5) is 17.7. The topological polar surface area (TPSA) is 51.7 Å². The molecule has 0 N–H and O–H groups in total. The Morgan fingerprint density at radius 2 is 1.95 bits per heavy atom. The summed E-state index contributed by atoms with van der Waals surface area (Å²) in [5, 5.41) is 0. The van der Waals surface area contributed by atoms with Gasteiger partial charge in [0.1, 0.15) is 11.7 Å². The van der Waals surface area contributed by atoms with E-state index in [1.807, 2.05) is 20.8 Å². The molecule has 0 saturated carbocycles. The number of amides is 1. The number of aryl methyl sites for hydroxylation is 1. The third-order valence-electron chi connectivity index (χ3n) is 3.33. The Hall–Kier alpha value is -1.85. The quantitative estimate of drug-likeness (QED) is 0.841. The fourth-order valence-electron chi connectivity index (χ4n) is 2.24. The Balaban J connectivity index is 1.87. The number of rotatable bonds is 2. The van der Waals surface area contributed by atoms with Gasteiger partial charge in [-0.05, 0) is 39.8 Å². The van der Waals surface area contributed by atoms with Crippen LogP contribution in [0.1, 0.15) is 39.3 Å². The van der Waals surface area contributed by atoms with Gasteiger partial charge in [0.15, 0.2) is 5.82 Å². The molecule has 0 unspecified atom stereocenters. The summed E-state index contributed by atoms with van der Waals surface area (Å²) in [6.07, 6.45) is 0.816. The summed E-state index contributed by atoms with van der Waals surface area (Å²) in [6.45, 7) is 8.38. The van der Waals surface area contributed by atoms with Crippen LogP contribution in [0.15, 0.2) is 12.1 Å². The van der Waals surface area contributed by atoms with E-state index in [9.17, 15) is 9.18 Å². The fraction of sp³-hybridized carbons (Fsp3) is 0.625. The lowest BCUT2D eigenvalue weighted by atomic mass is 10.1. The van der Waals surface area contributed by atoms with Crippen molar-refractivity contribution in [2.45, 2.75) is 52.2 Å². The second-order valence-electron chi connectivity index (χ2n) is 6.52. The van der Waals surface area contributed by atoms with Gasteiger partial charge in [-0.15, -0.1) is 0 Å². The number of aromatic nitrogens is 1. The van der Waals surface area contributed by atoms with E-state index in [2.05, 4.69) is 4.98 Å². The lowest BCUT2D eigenvalue weighted by Crippen LogP contribution is -2.44. The summed E-state index contributed by atoms with van der Waals surface area (Å²) in [6, 6.07) is 2.96. The van der Waals surface area contributed by atoms with Crippen LogP contribution in [0.2, 0.25) is 0 Å². The second kappa shape index (κ2) is 6.50. The van der Waals surface area contributed by atoms with Crippen LogP contribution >= 0.6 is 0 Å². The van der Waals surface area contributed by atoms with Crippen LogP contribution in [0.3, 0.4) is 0 Å². The molecule has 1 fully saturated rings. The molecule has 0 atom stereocenters. The van der Waals surface area contributed by atoms with E-state index in [0.29, 0.717) is 31.6 Å². The molecule has 1 aliphatic heterocycles. The maximum atomic E-state index is 13.6. The minimum Gasteiger partial charge on any atom is -0.472 e. The first-order valence-corrected chi connectivity index (χ1v) is 7.52. The summed E-state index contributed by atoms with van der Waals surface area (Å²) >= 11 is 0. The number of carbonyl (C=O) groups is 1. The third kappa shape index (κ3) is 4.58. The minimum absolute atomic E-state index is 0.0377. The molecule has 22 heavy (non-hydrogen) atoms. The van der Waals surface area contributed by atoms with E-state index in [4.69, 9.17) is 9.47 Å². The molecule has 0 aromatic carbocycles. The van der Waals surface area contributed by atoms with Gasteiger partial charge in [0, 0.05) is 31.6 Å². The molecule has 1 aliphatic rings. The number of pyridine rings is 1. The largest absolute Gasteiger partial charge is 0.472 e. The number of hydrogen-bond donors (Lipinski definition) is 0. The number of halogens is 1. The number of piperidine rings is 1. The van der Waals surface area contributed by atoms with Crippen molar-refractivity contribution in [3.8, 4) is 5.88 Å². The zero-order chi connectivity index (χ0) is 16.3. The van der Waals surface area contributed by atoms with E-state index >= 15 is 0 Å². The van der Waals surface area contributed by atoms with Crippen LogP contribution in [0.5, 0.6) is 5.88 Å². The molecular formula is C16H23FN2O3. The first-order chi connectivity index (χ1) is 10.2. The maximum Gasteiger partial charge on any atom is 0.410 e. The number of nitrogens with zero attached hydrogens (tertiary/aromatic N) is 2. The molecule has 0 spiro atoms. The van der Waals surface area contributed by atoms with Crippen LogP contribution in [0, 0.1) is 12.7 Å². The molecular weight excluding hydrogens is 287 g/mol. The number of hydrogen-bond acceptors (Lipinski definition) is 4. The van der Waals surface area contributed by atoms with Crippen LogP contribution in [0.4, 0.5) is 9.18 Å². The molecule has 1 aromatic heterocycles. The molecule has 2 heterocycles. The van der Waals surface area contributed by atoms with Crippen molar-refractivity contribution in [1.29, 1.82) is 0 Å². The van der Waals surface area contributed by atoms with Crippen molar-refractivity contribution >= 4 is 6.09 Å². The predicted octanol–water partition coefficient (Wildman–Crippen LogP) is 3.31. The minimum atomic E-state index is -0.501. The first kappa shape index (κ1) is 16.5. The van der Waals surface area contributed by atoms with Crippen LogP contribution < -0.4 is 4.74 Å². The van der Waals surface area contributed by atoms with Gasteiger partial charge in [-0.3, -0.25) is 0 Å². The van der Waals surface area contributed by atoms with E-state index in [-0.39, 0.29) is 18.1 Å². The van der Waals surface area contributed by atoms with Crippen LogP contribution in [-0.4, -0.2) is 40.8 Å². The number of carbonyl (C=O) groups excluding carboxylic acids is 1. The first-order valence-electron chi connectivity index (χ1n) is 7.52. The Morgan fingerprint density at radius 3 is 2.55 bits per heavy atom. The van der Waals surface area contributed by atoms with Gasteiger partial charge >= 0.3 is 6.09 Å².